The number of nitrogens with zero attached hydrogens (tertiary/aromatic N) is 5. The van der Waals surface area contributed by atoms with E-state index >= 15 is 0 Å². The van der Waals surface area contributed by atoms with Gasteiger partial charge in [0.25, 0.3) is 5.56 Å². The van der Waals surface area contributed by atoms with Crippen LogP contribution in [0.25, 0.3) is 11.2 Å². The Kier molecular flexibility index (Phi) is 5.62. The number of methoxy groups -OCH3 is 2. The average molecular weight is 399 g/mol. The van der Waals surface area contributed by atoms with Crippen molar-refractivity contribution in [2.45, 2.75) is 13.0 Å². The second-order valence-corrected chi connectivity index (χ2v) is 6.30. The fraction of sp³-hybridized carbons (Fsp3) is 0.316. The van der Waals surface area contributed by atoms with Gasteiger partial charge in [0, 0.05) is 38.8 Å². The van der Waals surface area contributed by atoms with E-state index in [0.29, 0.717) is 17.1 Å². The highest BCUT2D eigenvalue weighted by Crippen LogP contribution is 2.29. The molecule has 2 heterocycles. The van der Waals surface area contributed by atoms with Crippen molar-refractivity contribution in [1.29, 1.82) is 0 Å². The Morgan fingerprint density at radius 2 is 1.93 bits per heavy atom. The van der Waals surface area contributed by atoms with Crippen LogP contribution in [0.15, 0.2) is 39.1 Å². The highest BCUT2D eigenvalue weighted by atomic mass is 16.5. The molecule has 0 radical (unpaired) electrons. The van der Waals surface area contributed by atoms with Gasteiger partial charge in [-0.15, -0.1) is 0 Å². The minimum atomic E-state index is -0.460. The van der Waals surface area contributed by atoms with Gasteiger partial charge in [-0.2, -0.15) is 0 Å². The van der Waals surface area contributed by atoms with Gasteiger partial charge in [0.15, 0.2) is 22.7 Å². The highest BCUT2D eigenvalue weighted by Gasteiger charge is 2.15. The van der Waals surface area contributed by atoms with E-state index in [0.717, 1.165) is 4.57 Å². The molecule has 10 heteroatoms. The number of carbonyl (C=O) groups is 1. The monoisotopic (exact) mass is 399 g/mol. The molecule has 0 unspecified atom stereocenters. The number of aromatic nitrogens is 4. The standard InChI is InChI=1S/C19H21N5O5/c1-22-17-15(18(26)23(2)19(22)27)24(11-21-17)9-8-14(25)20-10-12-6-5-7-13(28-3)16(12)29-4/h5-7,10-11H,8-9H2,1-4H3. The summed E-state index contributed by atoms with van der Waals surface area (Å²) in [5.41, 5.74) is 0.228. The summed E-state index contributed by atoms with van der Waals surface area (Å²) in [6.07, 6.45) is 2.91. The Bertz CT molecular complexity index is 1220. The van der Waals surface area contributed by atoms with E-state index in [-0.39, 0.29) is 30.0 Å². The van der Waals surface area contributed by atoms with Gasteiger partial charge in [-0.3, -0.25) is 18.7 Å². The van der Waals surface area contributed by atoms with Gasteiger partial charge in [0.05, 0.1) is 20.5 Å². The number of carbonyl (C=O) groups excluding carboxylic acids is 1. The van der Waals surface area contributed by atoms with E-state index in [2.05, 4.69) is 9.98 Å². The maximum absolute atomic E-state index is 12.4. The van der Waals surface area contributed by atoms with Crippen LogP contribution in [0, 0.1) is 0 Å². The SMILES string of the molecule is COc1cccc(C=NC(=O)CCn2cnc3c2c(=O)n(C)c(=O)n3C)c1OC. The predicted octanol–water partition coefficient (Wildman–Crippen LogP) is 0.487. The van der Waals surface area contributed by atoms with Crippen LogP contribution < -0.4 is 20.7 Å². The van der Waals surface area contributed by atoms with Crippen molar-refractivity contribution in [3.05, 3.63) is 50.9 Å². The van der Waals surface area contributed by atoms with Crippen LogP contribution in [0.1, 0.15) is 12.0 Å². The number of amides is 1. The van der Waals surface area contributed by atoms with Crippen LogP contribution in [-0.4, -0.2) is 45.0 Å². The van der Waals surface area contributed by atoms with E-state index in [1.165, 1.54) is 38.4 Å². The molecule has 0 aliphatic carbocycles. The largest absolute Gasteiger partial charge is 0.493 e. The second kappa shape index (κ2) is 8.13. The minimum Gasteiger partial charge on any atom is -0.493 e. The quantitative estimate of drug-likeness (QED) is 0.558. The number of benzene rings is 1. The first-order valence-corrected chi connectivity index (χ1v) is 8.77. The van der Waals surface area contributed by atoms with Crippen molar-refractivity contribution in [1.82, 2.24) is 18.7 Å². The van der Waals surface area contributed by atoms with Crippen molar-refractivity contribution in [2.75, 3.05) is 14.2 Å². The first-order chi connectivity index (χ1) is 13.9. The molecule has 2 aromatic heterocycles. The summed E-state index contributed by atoms with van der Waals surface area (Å²) in [6.45, 7) is 0.204. The Morgan fingerprint density at radius 1 is 1.17 bits per heavy atom. The highest BCUT2D eigenvalue weighted by molar-refractivity contribution is 5.94. The van der Waals surface area contributed by atoms with Gasteiger partial charge in [-0.1, -0.05) is 6.07 Å². The Balaban J connectivity index is 1.80. The molecule has 1 aromatic carbocycles. The molecule has 0 aliphatic rings. The molecule has 0 saturated heterocycles. The van der Waals surface area contributed by atoms with Gasteiger partial charge in [0.1, 0.15) is 0 Å². The average Bonchev–Trinajstić information content (AvgIpc) is 3.16. The summed E-state index contributed by atoms with van der Waals surface area (Å²) in [7, 11) is 5.98. The molecule has 29 heavy (non-hydrogen) atoms. The molecule has 1 amide bonds. The molecule has 10 nitrogen and oxygen atoms in total. The summed E-state index contributed by atoms with van der Waals surface area (Å²) < 4.78 is 14.4. The van der Waals surface area contributed by atoms with E-state index in [4.69, 9.17) is 9.47 Å². The fourth-order valence-corrected chi connectivity index (χ4v) is 3.00. The van der Waals surface area contributed by atoms with Crippen LogP contribution in [0.5, 0.6) is 11.5 Å². The number of para-hydroxylation sites is 1. The smallest absolute Gasteiger partial charge is 0.332 e. The predicted molar refractivity (Wildman–Crippen MR) is 107 cm³/mol. The summed E-state index contributed by atoms with van der Waals surface area (Å²) in [5.74, 6) is 0.644. The summed E-state index contributed by atoms with van der Waals surface area (Å²) in [5, 5.41) is 0. The first kappa shape index (κ1) is 20.1. The summed E-state index contributed by atoms with van der Waals surface area (Å²) in [4.78, 5) is 44.7. The van der Waals surface area contributed by atoms with Crippen molar-refractivity contribution in [3.8, 4) is 11.5 Å². The van der Waals surface area contributed by atoms with Gasteiger partial charge in [-0.25, -0.2) is 14.8 Å². The Labute approximate surface area is 165 Å². The molecule has 0 spiro atoms. The molecule has 0 aliphatic heterocycles. The van der Waals surface area contributed by atoms with Crippen molar-refractivity contribution < 1.29 is 14.3 Å². The number of fused-ring (bicyclic) bond motifs is 1. The zero-order chi connectivity index (χ0) is 21.1. The number of hydrogen-bond donors (Lipinski definition) is 0. The third kappa shape index (κ3) is 3.68. The third-order valence-corrected chi connectivity index (χ3v) is 4.56. The third-order valence-electron chi connectivity index (χ3n) is 4.56. The molecule has 0 atom stereocenters. The first-order valence-electron chi connectivity index (χ1n) is 8.77. The number of imidazole rings is 1. The molecule has 0 saturated carbocycles. The molecular formula is C19H21N5O5. The topological polar surface area (TPSA) is 110 Å². The lowest BCUT2D eigenvalue weighted by Gasteiger charge is -2.09. The van der Waals surface area contributed by atoms with Gasteiger partial charge < -0.3 is 14.0 Å². The maximum Gasteiger partial charge on any atom is 0.332 e. The van der Waals surface area contributed by atoms with E-state index < -0.39 is 11.2 Å². The molecule has 3 aromatic rings. The lowest BCUT2D eigenvalue weighted by atomic mass is 10.2. The van der Waals surface area contributed by atoms with Crippen LogP contribution in [-0.2, 0) is 25.4 Å². The summed E-state index contributed by atoms with van der Waals surface area (Å²) in [6, 6.07) is 5.27. The zero-order valence-electron chi connectivity index (χ0n) is 16.6. The van der Waals surface area contributed by atoms with Crippen molar-refractivity contribution >= 4 is 23.3 Å². The van der Waals surface area contributed by atoms with Crippen LogP contribution in [0.4, 0.5) is 0 Å². The molecule has 0 bridgehead atoms. The van der Waals surface area contributed by atoms with Crippen LogP contribution in [0.3, 0.4) is 0 Å². The number of ether oxygens (including phenoxy) is 2. The molecular weight excluding hydrogens is 378 g/mol. The van der Waals surface area contributed by atoms with E-state index in [1.54, 1.807) is 29.8 Å². The lowest BCUT2D eigenvalue weighted by Crippen LogP contribution is -2.37. The number of aryl methyl sites for hydroxylation is 2. The number of aliphatic imine (C=N–C) groups is 1. The van der Waals surface area contributed by atoms with E-state index in [1.807, 2.05) is 0 Å². The number of hydrogen-bond acceptors (Lipinski definition) is 6. The van der Waals surface area contributed by atoms with Crippen LogP contribution >= 0.6 is 0 Å². The van der Waals surface area contributed by atoms with Crippen LogP contribution in [0.2, 0.25) is 0 Å². The van der Waals surface area contributed by atoms with Gasteiger partial charge >= 0.3 is 5.69 Å². The molecule has 0 fully saturated rings. The van der Waals surface area contributed by atoms with Crippen molar-refractivity contribution in [3.63, 3.8) is 0 Å². The summed E-state index contributed by atoms with van der Waals surface area (Å²) >= 11 is 0. The number of rotatable bonds is 6. The van der Waals surface area contributed by atoms with Crippen molar-refractivity contribution in [2.24, 2.45) is 19.1 Å². The normalized spacial score (nSPS) is 11.3. The molecule has 3 rings (SSSR count). The maximum atomic E-state index is 12.4. The van der Waals surface area contributed by atoms with E-state index in [9.17, 15) is 14.4 Å². The fourth-order valence-electron chi connectivity index (χ4n) is 3.00. The lowest BCUT2D eigenvalue weighted by molar-refractivity contribution is -0.117. The molecule has 0 N–H and O–H groups in total. The Hall–Kier alpha value is -3.69. The zero-order valence-corrected chi connectivity index (χ0v) is 16.6. The molecule has 152 valence electrons. The van der Waals surface area contributed by atoms with Gasteiger partial charge in [-0.05, 0) is 12.1 Å². The minimum absolute atomic E-state index is 0.0558. The Morgan fingerprint density at radius 3 is 2.62 bits per heavy atom. The van der Waals surface area contributed by atoms with Gasteiger partial charge in [0.2, 0.25) is 5.91 Å². The second-order valence-electron chi connectivity index (χ2n) is 6.30.